The molecule has 0 saturated carbocycles. The van der Waals surface area contributed by atoms with Crippen molar-refractivity contribution in [1.82, 2.24) is 0 Å². The fourth-order valence-corrected chi connectivity index (χ4v) is 4.24. The Kier molecular flexibility index (Phi) is 4.50. The van der Waals surface area contributed by atoms with Gasteiger partial charge in [-0.3, -0.25) is 0 Å². The van der Waals surface area contributed by atoms with E-state index in [1.54, 1.807) is 24.3 Å². The van der Waals surface area contributed by atoms with Crippen LogP contribution in [0.4, 0.5) is 0 Å². The van der Waals surface area contributed by atoms with Crippen LogP contribution in [0.25, 0.3) is 5.57 Å². The third-order valence-electron chi connectivity index (χ3n) is 2.67. The monoisotopic (exact) mass is 320 g/mol. The predicted octanol–water partition coefficient (Wildman–Crippen LogP) is -0.655. The lowest BCUT2D eigenvalue weighted by Crippen LogP contribution is -2.60. The zero-order chi connectivity index (χ0) is 14.9. The number of hydrogen-bond acceptors (Lipinski definition) is 6. The lowest BCUT2D eigenvalue weighted by atomic mass is 10.1. The van der Waals surface area contributed by atoms with E-state index in [1.165, 1.54) is 14.2 Å². The van der Waals surface area contributed by atoms with Crippen molar-refractivity contribution in [3.05, 3.63) is 29.8 Å². The summed E-state index contributed by atoms with van der Waals surface area (Å²) in [5.74, 6) is 0.537. The van der Waals surface area contributed by atoms with Gasteiger partial charge in [0, 0.05) is 7.11 Å². The van der Waals surface area contributed by atoms with E-state index >= 15 is 0 Å². The van der Waals surface area contributed by atoms with Crippen LogP contribution in [0.15, 0.2) is 29.2 Å². The summed E-state index contributed by atoms with van der Waals surface area (Å²) in [7, 11) is -3.12. The Balaban J connectivity index is 2.62. The molecule has 1 aliphatic heterocycles. The van der Waals surface area contributed by atoms with Gasteiger partial charge in [0.05, 0.1) is 22.2 Å². The summed E-state index contributed by atoms with van der Waals surface area (Å²) in [4.78, 5) is 0.535. The molecule has 0 radical (unpaired) electrons. The Morgan fingerprint density at radius 3 is 2.35 bits per heavy atom. The molecule has 20 heavy (non-hydrogen) atoms. The van der Waals surface area contributed by atoms with Crippen molar-refractivity contribution in [2.45, 2.75) is 11.8 Å². The van der Waals surface area contributed by atoms with Crippen molar-refractivity contribution in [2.24, 2.45) is 0 Å². The molecule has 1 unspecified atom stereocenters. The minimum absolute atomic E-state index is 0.273. The zero-order valence-corrected chi connectivity index (χ0v) is 12.6. The smallest absolute Gasteiger partial charge is 0.171 e. The Hall–Kier alpha value is -0.930. The van der Waals surface area contributed by atoms with Gasteiger partial charge < -0.3 is 9.47 Å². The molecular weight excluding hydrogens is 308 g/mol. The molecule has 0 aromatic heterocycles. The lowest BCUT2D eigenvalue weighted by Gasteiger charge is -2.21. The van der Waals surface area contributed by atoms with E-state index < -0.39 is 21.0 Å². The maximum Gasteiger partial charge on any atom is 0.171 e. The Morgan fingerprint density at radius 1 is 1.10 bits per heavy atom. The molecule has 0 N–H and O–H groups in total. The third-order valence-corrected chi connectivity index (χ3v) is 5.18. The van der Waals surface area contributed by atoms with E-state index in [1.807, 2.05) is 6.92 Å². The topological polar surface area (TPSA) is 96.9 Å². The van der Waals surface area contributed by atoms with Gasteiger partial charge in [0.2, 0.25) is 0 Å². The maximum atomic E-state index is 10.9. The van der Waals surface area contributed by atoms with Gasteiger partial charge in [-0.1, -0.05) is 0 Å². The van der Waals surface area contributed by atoms with Crippen molar-refractivity contribution >= 4 is 21.4 Å². The van der Waals surface area contributed by atoms with E-state index in [-0.39, 0.29) is 5.05 Å². The van der Waals surface area contributed by atoms with E-state index in [0.717, 1.165) is 11.1 Å². The largest absolute Gasteiger partial charge is 0.497 e. The molecule has 0 fully saturated rings. The van der Waals surface area contributed by atoms with Crippen LogP contribution in [0.2, 0.25) is 0 Å². The van der Waals surface area contributed by atoms with Gasteiger partial charge in [0.25, 0.3) is 0 Å². The van der Waals surface area contributed by atoms with Gasteiger partial charge in [-0.2, -0.15) is 14.0 Å². The van der Waals surface area contributed by atoms with Crippen molar-refractivity contribution in [2.75, 3.05) is 14.2 Å². The SMILES string of the molecule is COC1=S(O[Cl+3]([O-])([O-])[O-])c2cc(OC)ccc2C(C)=C1. The number of ether oxygens (including phenoxy) is 2. The highest BCUT2D eigenvalue weighted by Gasteiger charge is 2.31. The standard InChI is InChI=1S/C12H13ClO6S/c1-8-6-12(18-3)20(19-13(14,15)16)11-7-9(17-2)4-5-10(8)11/h4-7H,1-3H3. The highest BCUT2D eigenvalue weighted by molar-refractivity contribution is 8.12. The van der Waals surface area contributed by atoms with E-state index in [2.05, 4.69) is 3.74 Å². The number of fused-ring (bicyclic) bond motifs is 1. The van der Waals surface area contributed by atoms with E-state index in [4.69, 9.17) is 9.47 Å². The fraction of sp³-hybridized carbons (Fsp3) is 0.250. The normalized spacial score (nSPS) is 18.6. The predicted molar refractivity (Wildman–Crippen MR) is 65.6 cm³/mol. The number of allylic oxidation sites excluding steroid dienone is 1. The van der Waals surface area contributed by atoms with Crippen molar-refractivity contribution in [1.29, 1.82) is 0 Å². The fourth-order valence-electron chi connectivity index (χ4n) is 1.80. The van der Waals surface area contributed by atoms with E-state index in [9.17, 15) is 14.0 Å². The first kappa shape index (κ1) is 15.5. The second kappa shape index (κ2) is 5.82. The Bertz CT molecular complexity index is 590. The van der Waals surface area contributed by atoms with Gasteiger partial charge in [-0.15, -0.1) is 0 Å². The van der Waals surface area contributed by atoms with Crippen LogP contribution in [-0.4, -0.2) is 19.3 Å². The second-order valence-corrected chi connectivity index (χ2v) is 6.56. The maximum absolute atomic E-state index is 10.9. The molecule has 1 aromatic carbocycles. The molecule has 1 aromatic rings. The summed E-state index contributed by atoms with van der Waals surface area (Å²) in [6.45, 7) is 1.86. The molecule has 8 heteroatoms. The molecule has 1 heterocycles. The van der Waals surface area contributed by atoms with Crippen molar-refractivity contribution in [3.63, 3.8) is 0 Å². The molecule has 0 bridgehead atoms. The summed E-state index contributed by atoms with van der Waals surface area (Å²) in [5, 5.41) is 0.273. The summed E-state index contributed by atoms with van der Waals surface area (Å²) in [5.41, 5.74) is 1.67. The molecule has 0 aliphatic carbocycles. The first-order chi connectivity index (χ1) is 9.35. The number of benzene rings is 1. The van der Waals surface area contributed by atoms with Crippen LogP contribution >= 0.6 is 10.8 Å². The summed E-state index contributed by atoms with van der Waals surface area (Å²) < 4.78 is 47.5. The lowest BCUT2D eigenvalue weighted by molar-refractivity contribution is -1.91. The molecule has 0 amide bonds. The van der Waals surface area contributed by atoms with Gasteiger partial charge >= 0.3 is 0 Å². The molecule has 6 nitrogen and oxygen atoms in total. The van der Waals surface area contributed by atoms with Crippen LogP contribution in [0.5, 0.6) is 5.75 Å². The number of halogens is 1. The molecule has 1 atom stereocenters. The molecule has 0 saturated heterocycles. The van der Waals surface area contributed by atoms with Crippen LogP contribution in [0.1, 0.15) is 12.5 Å². The average Bonchev–Trinajstić information content (AvgIpc) is 2.39. The Morgan fingerprint density at radius 2 is 1.80 bits per heavy atom. The van der Waals surface area contributed by atoms with Gasteiger partial charge in [-0.25, -0.2) is 0 Å². The van der Waals surface area contributed by atoms with Crippen LogP contribution in [0, 0.1) is 10.2 Å². The molecule has 0 spiro atoms. The van der Waals surface area contributed by atoms with Crippen LogP contribution in [-0.2, 0) is 8.47 Å². The highest BCUT2D eigenvalue weighted by Crippen LogP contribution is 2.42. The van der Waals surface area contributed by atoms with Gasteiger partial charge in [0.1, 0.15) is 14.5 Å². The van der Waals surface area contributed by atoms with Crippen molar-refractivity contribution in [3.8, 4) is 5.75 Å². The summed E-state index contributed by atoms with van der Waals surface area (Å²) in [6.07, 6.45) is 1.65. The number of hydrogen-bond donors (Lipinski definition) is 0. The summed E-state index contributed by atoms with van der Waals surface area (Å²) >= 11 is 0. The third kappa shape index (κ3) is 3.21. The highest BCUT2D eigenvalue weighted by atomic mass is 35.7. The summed E-state index contributed by atoms with van der Waals surface area (Å²) in [6, 6.07) is 5.16. The minimum Gasteiger partial charge on any atom is -0.497 e. The van der Waals surface area contributed by atoms with Crippen LogP contribution < -0.4 is 18.7 Å². The second-order valence-electron chi connectivity index (χ2n) is 3.92. The zero-order valence-electron chi connectivity index (χ0n) is 11.0. The first-order valence-electron chi connectivity index (χ1n) is 5.48. The van der Waals surface area contributed by atoms with Gasteiger partial charge in [0.15, 0.2) is 10.8 Å². The first-order valence-corrected chi connectivity index (χ1v) is 7.87. The van der Waals surface area contributed by atoms with Crippen LogP contribution in [0.3, 0.4) is 0 Å². The molecule has 110 valence electrons. The number of methoxy groups -OCH3 is 2. The van der Waals surface area contributed by atoms with Crippen molar-refractivity contribution < 1.29 is 37.4 Å². The molecule has 1 aliphatic rings. The molecule has 2 rings (SSSR count). The van der Waals surface area contributed by atoms with Gasteiger partial charge in [-0.05, 0) is 42.3 Å². The van der Waals surface area contributed by atoms with E-state index in [0.29, 0.717) is 10.6 Å². The number of rotatable bonds is 3. The minimum atomic E-state index is -4.57. The quantitative estimate of drug-likeness (QED) is 0.686. The Labute approximate surface area is 121 Å². The average molecular weight is 321 g/mol. The molecular formula is C12H13ClO6S.